The van der Waals surface area contributed by atoms with Gasteiger partial charge in [-0.15, -0.1) is 11.8 Å². The predicted molar refractivity (Wildman–Crippen MR) is 84.6 cm³/mol. The van der Waals surface area contributed by atoms with Gasteiger partial charge in [0, 0.05) is 21.9 Å². The van der Waals surface area contributed by atoms with Crippen molar-refractivity contribution in [3.63, 3.8) is 0 Å². The Balaban J connectivity index is 1.78. The van der Waals surface area contributed by atoms with Crippen LogP contribution in [0.3, 0.4) is 0 Å². The third-order valence-corrected chi connectivity index (χ3v) is 4.66. The van der Waals surface area contributed by atoms with Gasteiger partial charge in [0.2, 0.25) is 5.91 Å². The van der Waals surface area contributed by atoms with E-state index in [1.54, 1.807) is 12.4 Å². The highest BCUT2D eigenvalue weighted by atomic mass is 35.5. The minimum Gasteiger partial charge on any atom is -0.376 e. The average Bonchev–Trinajstić information content (AvgIpc) is 2.86. The molecule has 0 fully saturated rings. The highest BCUT2D eigenvalue weighted by Gasteiger charge is 2.21. The van der Waals surface area contributed by atoms with Crippen molar-refractivity contribution in [3.05, 3.63) is 41.2 Å². The van der Waals surface area contributed by atoms with Crippen LogP contribution in [-0.2, 0) is 11.3 Å². The van der Waals surface area contributed by atoms with Gasteiger partial charge in [-0.25, -0.2) is 0 Å². The minimum absolute atomic E-state index is 0.0879. The van der Waals surface area contributed by atoms with Crippen LogP contribution in [0.1, 0.15) is 18.0 Å². The molecule has 0 radical (unpaired) electrons. The molecular formula is C14H15ClN4OS. The summed E-state index contributed by atoms with van der Waals surface area (Å²) in [6, 6.07) is 6.19. The molecule has 2 heterocycles. The molecular weight excluding hydrogens is 308 g/mol. The van der Waals surface area contributed by atoms with Gasteiger partial charge in [-0.1, -0.05) is 11.6 Å². The Kier molecular flexibility index (Phi) is 4.07. The molecule has 21 heavy (non-hydrogen) atoms. The zero-order chi connectivity index (χ0) is 14.8. The van der Waals surface area contributed by atoms with E-state index in [-0.39, 0.29) is 12.6 Å². The number of halogens is 1. The second kappa shape index (κ2) is 5.99. The van der Waals surface area contributed by atoms with Crippen molar-refractivity contribution in [2.24, 2.45) is 5.73 Å². The maximum Gasteiger partial charge on any atom is 0.239 e. The van der Waals surface area contributed by atoms with Gasteiger partial charge in [0.05, 0.1) is 17.9 Å². The number of hydrogen-bond donors (Lipinski definition) is 2. The van der Waals surface area contributed by atoms with Gasteiger partial charge in [0.1, 0.15) is 6.54 Å². The number of nitrogens with zero attached hydrogens (tertiary/aromatic N) is 2. The van der Waals surface area contributed by atoms with Crippen LogP contribution in [-0.4, -0.2) is 21.4 Å². The lowest BCUT2D eigenvalue weighted by Gasteiger charge is -2.26. The summed E-state index contributed by atoms with van der Waals surface area (Å²) < 4.78 is 1.53. The Morgan fingerprint density at radius 2 is 2.43 bits per heavy atom. The molecule has 0 saturated carbocycles. The van der Waals surface area contributed by atoms with E-state index in [4.69, 9.17) is 17.3 Å². The Morgan fingerprint density at radius 1 is 1.57 bits per heavy atom. The summed E-state index contributed by atoms with van der Waals surface area (Å²) in [5, 5.41) is 8.31. The fourth-order valence-corrected chi connectivity index (χ4v) is 3.69. The zero-order valence-corrected chi connectivity index (χ0v) is 12.8. The number of hydrogen-bond acceptors (Lipinski definition) is 4. The van der Waals surface area contributed by atoms with E-state index < -0.39 is 5.91 Å². The summed E-state index contributed by atoms with van der Waals surface area (Å²) in [7, 11) is 0. The first-order valence-electron chi connectivity index (χ1n) is 6.61. The van der Waals surface area contributed by atoms with E-state index >= 15 is 0 Å². The lowest BCUT2D eigenvalue weighted by atomic mass is 10.0. The van der Waals surface area contributed by atoms with E-state index in [0.29, 0.717) is 0 Å². The second-order valence-electron chi connectivity index (χ2n) is 4.91. The molecule has 1 atom stereocenters. The summed E-state index contributed by atoms with van der Waals surface area (Å²) in [6.45, 7) is 0.0879. The number of amides is 1. The largest absolute Gasteiger partial charge is 0.376 e. The van der Waals surface area contributed by atoms with Gasteiger partial charge in [0.25, 0.3) is 0 Å². The Labute approximate surface area is 131 Å². The summed E-state index contributed by atoms with van der Waals surface area (Å²) in [6.07, 6.45) is 4.50. The summed E-state index contributed by atoms with van der Waals surface area (Å²) in [5.41, 5.74) is 7.24. The lowest BCUT2D eigenvalue weighted by molar-refractivity contribution is -0.118. The van der Waals surface area contributed by atoms with Gasteiger partial charge in [-0.05, 0) is 30.2 Å². The molecule has 3 rings (SSSR count). The fourth-order valence-electron chi connectivity index (χ4n) is 2.40. The van der Waals surface area contributed by atoms with Gasteiger partial charge in [-0.3, -0.25) is 9.48 Å². The van der Waals surface area contributed by atoms with Crippen molar-refractivity contribution in [1.82, 2.24) is 9.78 Å². The van der Waals surface area contributed by atoms with Crippen molar-refractivity contribution < 1.29 is 4.79 Å². The highest BCUT2D eigenvalue weighted by molar-refractivity contribution is 7.99. The number of aromatic nitrogens is 2. The Hall–Kier alpha value is -1.66. The Morgan fingerprint density at radius 3 is 3.24 bits per heavy atom. The molecule has 110 valence electrons. The summed E-state index contributed by atoms with van der Waals surface area (Å²) in [5.74, 6) is 0.651. The van der Waals surface area contributed by atoms with Gasteiger partial charge >= 0.3 is 0 Å². The van der Waals surface area contributed by atoms with Crippen LogP contribution in [0, 0.1) is 0 Å². The minimum atomic E-state index is -0.407. The molecule has 1 amide bonds. The average molecular weight is 323 g/mol. The van der Waals surface area contributed by atoms with Crippen molar-refractivity contribution in [2.75, 3.05) is 11.1 Å². The van der Waals surface area contributed by atoms with Crippen molar-refractivity contribution in [3.8, 4) is 0 Å². The molecule has 2 aromatic rings. The third kappa shape index (κ3) is 3.33. The number of primary amides is 1. The molecule has 1 aromatic carbocycles. The topological polar surface area (TPSA) is 72.9 Å². The number of benzene rings is 1. The predicted octanol–water partition coefficient (Wildman–Crippen LogP) is 2.67. The molecule has 1 aliphatic heterocycles. The number of anilines is 1. The van der Waals surface area contributed by atoms with Crippen molar-refractivity contribution >= 4 is 35.0 Å². The number of nitrogens with one attached hydrogen (secondary N) is 1. The molecule has 0 aliphatic carbocycles. The first kappa shape index (κ1) is 14.3. The van der Waals surface area contributed by atoms with E-state index in [1.165, 1.54) is 15.1 Å². The smallest absolute Gasteiger partial charge is 0.239 e. The molecule has 7 heteroatoms. The van der Waals surface area contributed by atoms with Crippen LogP contribution in [0.5, 0.6) is 0 Å². The maximum absolute atomic E-state index is 10.9. The van der Waals surface area contributed by atoms with Crippen LogP contribution < -0.4 is 11.1 Å². The third-order valence-electron chi connectivity index (χ3n) is 3.30. The number of carbonyl (C=O) groups excluding carboxylic acids is 1. The molecule has 5 nitrogen and oxygen atoms in total. The van der Waals surface area contributed by atoms with E-state index in [2.05, 4.69) is 16.5 Å². The summed E-state index contributed by atoms with van der Waals surface area (Å²) >= 11 is 7.95. The number of carbonyl (C=O) groups is 1. The SMILES string of the molecule is NC(=O)Cn1cc(NC2CCSc3ccc(Cl)cc32)cn1. The van der Waals surface area contributed by atoms with Gasteiger partial charge < -0.3 is 11.1 Å². The number of rotatable bonds is 4. The van der Waals surface area contributed by atoms with Gasteiger partial charge in [-0.2, -0.15) is 5.10 Å². The number of nitrogens with two attached hydrogens (primary N) is 1. The van der Waals surface area contributed by atoms with Crippen molar-refractivity contribution in [2.45, 2.75) is 23.9 Å². The first-order chi connectivity index (χ1) is 10.1. The van der Waals surface area contributed by atoms with Crippen LogP contribution in [0.2, 0.25) is 5.02 Å². The molecule has 0 bridgehead atoms. The van der Waals surface area contributed by atoms with Gasteiger partial charge in [0.15, 0.2) is 0 Å². The van der Waals surface area contributed by atoms with Crippen molar-refractivity contribution in [1.29, 1.82) is 0 Å². The first-order valence-corrected chi connectivity index (χ1v) is 7.98. The molecule has 1 aromatic heterocycles. The highest BCUT2D eigenvalue weighted by Crippen LogP contribution is 2.39. The van der Waals surface area contributed by atoms with E-state index in [0.717, 1.165) is 22.9 Å². The lowest BCUT2D eigenvalue weighted by Crippen LogP contribution is -2.19. The monoisotopic (exact) mass is 322 g/mol. The van der Waals surface area contributed by atoms with E-state index in [1.807, 2.05) is 23.9 Å². The standard InChI is InChI=1S/C14H15ClN4OS/c15-9-1-2-13-11(5-9)12(3-4-21-13)18-10-6-17-19(7-10)8-14(16)20/h1-2,5-7,12,18H,3-4,8H2,(H2,16,20). The zero-order valence-electron chi connectivity index (χ0n) is 11.3. The second-order valence-corrected chi connectivity index (χ2v) is 6.48. The molecule has 1 aliphatic rings. The molecule has 0 saturated heterocycles. The molecule has 1 unspecified atom stereocenters. The fraction of sp³-hybridized carbons (Fsp3) is 0.286. The quantitative estimate of drug-likeness (QED) is 0.907. The normalized spacial score (nSPS) is 17.3. The number of thioether (sulfide) groups is 1. The van der Waals surface area contributed by atoms with Crippen LogP contribution >= 0.6 is 23.4 Å². The maximum atomic E-state index is 10.9. The summed E-state index contributed by atoms with van der Waals surface area (Å²) in [4.78, 5) is 12.1. The van der Waals surface area contributed by atoms with Crippen LogP contribution in [0.25, 0.3) is 0 Å². The van der Waals surface area contributed by atoms with Crippen LogP contribution in [0.4, 0.5) is 5.69 Å². The Bertz CT molecular complexity index is 673. The molecule has 3 N–H and O–H groups in total. The van der Waals surface area contributed by atoms with E-state index in [9.17, 15) is 4.79 Å². The van der Waals surface area contributed by atoms with Crippen LogP contribution in [0.15, 0.2) is 35.5 Å². The number of fused-ring (bicyclic) bond motifs is 1. The molecule has 0 spiro atoms.